The van der Waals surface area contributed by atoms with E-state index in [1.165, 1.54) is 10.6 Å². The van der Waals surface area contributed by atoms with E-state index < -0.39 is 10.0 Å². The van der Waals surface area contributed by atoms with Crippen molar-refractivity contribution in [2.75, 3.05) is 44.4 Å². The lowest BCUT2D eigenvalue weighted by atomic mass is 9.99. The van der Waals surface area contributed by atoms with Gasteiger partial charge < -0.3 is 10.2 Å². The number of nitrogens with one attached hydrogen (secondary N) is 1. The fourth-order valence-electron chi connectivity index (χ4n) is 2.76. The summed E-state index contributed by atoms with van der Waals surface area (Å²) in [5.41, 5.74) is 1.10. The summed E-state index contributed by atoms with van der Waals surface area (Å²) in [7, 11) is -1.24. The summed E-state index contributed by atoms with van der Waals surface area (Å²) in [6.45, 7) is 2.05. The van der Waals surface area contributed by atoms with Gasteiger partial charge in [-0.3, -0.25) is 4.79 Å². The fraction of sp³-hybridized carbons (Fsp3) is 0.562. The van der Waals surface area contributed by atoms with Crippen LogP contribution in [0.3, 0.4) is 0 Å². The zero-order valence-electron chi connectivity index (χ0n) is 13.7. The molecule has 0 aliphatic carbocycles. The predicted molar refractivity (Wildman–Crippen MR) is 91.9 cm³/mol. The topological polar surface area (TPSA) is 69.7 Å². The van der Waals surface area contributed by atoms with Crippen molar-refractivity contribution in [3.63, 3.8) is 0 Å². The van der Waals surface area contributed by atoms with Crippen molar-refractivity contribution in [3.05, 3.63) is 30.3 Å². The van der Waals surface area contributed by atoms with Crippen LogP contribution in [0.2, 0.25) is 0 Å². The first-order valence-corrected chi connectivity index (χ1v) is 9.72. The van der Waals surface area contributed by atoms with Crippen molar-refractivity contribution in [3.8, 4) is 0 Å². The molecule has 1 amide bonds. The van der Waals surface area contributed by atoms with E-state index in [0.717, 1.165) is 18.5 Å². The molecule has 0 saturated carbocycles. The van der Waals surface area contributed by atoms with E-state index in [9.17, 15) is 13.2 Å². The third-order valence-corrected chi connectivity index (χ3v) is 5.44. The first-order valence-electron chi connectivity index (χ1n) is 7.87. The molecule has 0 spiro atoms. The lowest BCUT2D eigenvalue weighted by molar-refractivity contribution is -0.125. The highest BCUT2D eigenvalue weighted by Crippen LogP contribution is 2.18. The Balaban J connectivity index is 1.78. The number of rotatable bonds is 6. The number of carbonyl (C=O) groups excluding carboxylic acids is 1. The lowest BCUT2D eigenvalue weighted by Crippen LogP contribution is -2.46. The third kappa shape index (κ3) is 5.21. The van der Waals surface area contributed by atoms with Crippen LogP contribution in [0, 0.1) is 5.92 Å². The van der Waals surface area contributed by atoms with Crippen LogP contribution in [-0.4, -0.2) is 58.1 Å². The van der Waals surface area contributed by atoms with Gasteiger partial charge in [0.2, 0.25) is 15.9 Å². The molecule has 1 aromatic carbocycles. The first-order chi connectivity index (χ1) is 10.9. The zero-order valence-corrected chi connectivity index (χ0v) is 14.6. The second-order valence-electron chi connectivity index (χ2n) is 6.01. The van der Waals surface area contributed by atoms with Crippen LogP contribution >= 0.6 is 0 Å². The van der Waals surface area contributed by atoms with Gasteiger partial charge in [-0.2, -0.15) is 0 Å². The van der Waals surface area contributed by atoms with Crippen molar-refractivity contribution >= 4 is 21.6 Å². The Kier molecular flexibility index (Phi) is 6.01. The molecule has 1 fully saturated rings. The van der Waals surface area contributed by atoms with Crippen LogP contribution in [0.4, 0.5) is 5.69 Å². The lowest BCUT2D eigenvalue weighted by Gasteiger charge is -2.30. The van der Waals surface area contributed by atoms with Gasteiger partial charge in [-0.1, -0.05) is 18.2 Å². The van der Waals surface area contributed by atoms with Crippen molar-refractivity contribution < 1.29 is 13.2 Å². The van der Waals surface area contributed by atoms with Gasteiger partial charge in [-0.25, -0.2) is 12.7 Å². The summed E-state index contributed by atoms with van der Waals surface area (Å²) in [4.78, 5) is 14.3. The number of likely N-dealkylation sites (N-methyl/N-ethyl adjacent to an activating group) is 1. The molecular formula is C16H25N3O3S. The van der Waals surface area contributed by atoms with Crippen LogP contribution in [0.1, 0.15) is 12.8 Å². The number of sulfonamides is 1. The highest BCUT2D eigenvalue weighted by Gasteiger charge is 2.29. The Hall–Kier alpha value is -1.60. The van der Waals surface area contributed by atoms with Crippen LogP contribution in [-0.2, 0) is 14.8 Å². The van der Waals surface area contributed by atoms with E-state index in [4.69, 9.17) is 0 Å². The minimum atomic E-state index is -3.22. The number of benzene rings is 1. The summed E-state index contributed by atoms with van der Waals surface area (Å²) < 4.78 is 24.6. The number of piperidine rings is 1. The van der Waals surface area contributed by atoms with Crippen molar-refractivity contribution in [2.45, 2.75) is 12.8 Å². The molecule has 6 nitrogen and oxygen atoms in total. The molecule has 1 aliphatic rings. The molecule has 1 aromatic rings. The van der Waals surface area contributed by atoms with Crippen molar-refractivity contribution in [1.82, 2.24) is 9.62 Å². The number of para-hydroxylation sites is 1. The summed E-state index contributed by atoms with van der Waals surface area (Å²) in [5.74, 6) is -0.305. The molecule has 2 rings (SSSR count). The third-order valence-electron chi connectivity index (χ3n) is 4.17. The molecule has 0 unspecified atom stereocenters. The minimum Gasteiger partial charge on any atom is -0.373 e. The van der Waals surface area contributed by atoms with E-state index in [-0.39, 0.29) is 11.8 Å². The summed E-state index contributed by atoms with van der Waals surface area (Å²) in [6.07, 6.45) is 2.67. The number of nitrogens with zero attached hydrogens (tertiary/aromatic N) is 2. The first kappa shape index (κ1) is 17.7. The van der Waals surface area contributed by atoms with Gasteiger partial charge in [0.05, 0.1) is 12.2 Å². The molecule has 0 aromatic heterocycles. The standard InChI is InChI=1S/C16H25N3O3S/c1-18(15-8-4-3-5-9-15)12-10-17-16(20)14-7-6-11-19(13-14)23(2,21)22/h3-5,8-9,14H,6-7,10-13H2,1-2H3,(H,17,20)/t14-/m0/s1. The van der Waals surface area contributed by atoms with Crippen LogP contribution in [0.15, 0.2) is 30.3 Å². The number of amides is 1. The maximum absolute atomic E-state index is 12.2. The molecule has 7 heteroatoms. The molecule has 1 atom stereocenters. The monoisotopic (exact) mass is 339 g/mol. The molecule has 0 bridgehead atoms. The fourth-order valence-corrected chi connectivity index (χ4v) is 3.67. The smallest absolute Gasteiger partial charge is 0.224 e. The maximum atomic E-state index is 12.2. The number of hydrogen-bond donors (Lipinski definition) is 1. The molecule has 0 radical (unpaired) electrons. The summed E-state index contributed by atoms with van der Waals surface area (Å²) in [6, 6.07) is 9.97. The highest BCUT2D eigenvalue weighted by atomic mass is 32.2. The molecular weight excluding hydrogens is 314 g/mol. The van der Waals surface area contributed by atoms with Gasteiger partial charge in [-0.15, -0.1) is 0 Å². The highest BCUT2D eigenvalue weighted by molar-refractivity contribution is 7.88. The normalized spacial score (nSPS) is 19.3. The number of hydrogen-bond acceptors (Lipinski definition) is 4. The Morgan fingerprint density at radius 3 is 2.70 bits per heavy atom. The van der Waals surface area contributed by atoms with Gasteiger partial charge in [0.15, 0.2) is 0 Å². The second kappa shape index (κ2) is 7.79. The maximum Gasteiger partial charge on any atom is 0.224 e. The predicted octanol–water partition coefficient (Wildman–Crippen LogP) is 0.911. The number of carbonyl (C=O) groups is 1. The van der Waals surface area contributed by atoms with Gasteiger partial charge in [0, 0.05) is 38.9 Å². The van der Waals surface area contributed by atoms with Gasteiger partial charge in [0.25, 0.3) is 0 Å². The van der Waals surface area contributed by atoms with Gasteiger partial charge in [-0.05, 0) is 25.0 Å². The van der Waals surface area contributed by atoms with E-state index >= 15 is 0 Å². The van der Waals surface area contributed by atoms with Crippen molar-refractivity contribution in [2.24, 2.45) is 5.92 Å². The second-order valence-corrected chi connectivity index (χ2v) is 7.99. The van der Waals surface area contributed by atoms with E-state index in [2.05, 4.69) is 10.2 Å². The quantitative estimate of drug-likeness (QED) is 0.836. The Bertz CT molecular complexity index is 619. The molecule has 23 heavy (non-hydrogen) atoms. The zero-order chi connectivity index (χ0) is 16.9. The van der Waals surface area contributed by atoms with Crippen molar-refractivity contribution in [1.29, 1.82) is 0 Å². The van der Waals surface area contributed by atoms with E-state index in [0.29, 0.717) is 26.2 Å². The average Bonchev–Trinajstić information content (AvgIpc) is 2.54. The molecule has 1 N–H and O–H groups in total. The summed E-state index contributed by atoms with van der Waals surface area (Å²) >= 11 is 0. The molecule has 1 aliphatic heterocycles. The van der Waals surface area contributed by atoms with Crippen LogP contribution in [0.25, 0.3) is 0 Å². The van der Waals surface area contributed by atoms with Gasteiger partial charge >= 0.3 is 0 Å². The number of anilines is 1. The Morgan fingerprint density at radius 2 is 2.04 bits per heavy atom. The van der Waals surface area contributed by atoms with E-state index in [1.807, 2.05) is 37.4 Å². The minimum absolute atomic E-state index is 0.0557. The molecule has 1 heterocycles. The Morgan fingerprint density at radius 1 is 1.35 bits per heavy atom. The summed E-state index contributed by atoms with van der Waals surface area (Å²) in [5, 5.41) is 2.92. The largest absolute Gasteiger partial charge is 0.373 e. The molecule has 1 saturated heterocycles. The van der Waals surface area contributed by atoms with Crippen LogP contribution in [0.5, 0.6) is 0 Å². The molecule has 128 valence electrons. The average molecular weight is 339 g/mol. The van der Waals surface area contributed by atoms with Gasteiger partial charge in [0.1, 0.15) is 0 Å². The van der Waals surface area contributed by atoms with Crippen LogP contribution < -0.4 is 10.2 Å². The van der Waals surface area contributed by atoms with E-state index in [1.54, 1.807) is 0 Å². The SMILES string of the molecule is CN(CCNC(=O)[C@H]1CCCN(S(C)(=O)=O)C1)c1ccccc1. The Labute approximate surface area is 138 Å².